The van der Waals surface area contributed by atoms with Crippen molar-refractivity contribution < 1.29 is 28.2 Å². The predicted octanol–water partition coefficient (Wildman–Crippen LogP) is 3.36. The van der Waals surface area contributed by atoms with Gasteiger partial charge < -0.3 is 14.6 Å². The molecule has 116 valence electrons. The van der Waals surface area contributed by atoms with Crippen molar-refractivity contribution in [1.29, 1.82) is 0 Å². The molecule has 0 aliphatic rings. The van der Waals surface area contributed by atoms with Gasteiger partial charge in [-0.15, -0.1) is 0 Å². The molecular formula is C16H14F2O4. The molecule has 22 heavy (non-hydrogen) atoms. The molecular weight excluding hydrogens is 294 g/mol. The van der Waals surface area contributed by atoms with Crippen LogP contribution in [0.3, 0.4) is 0 Å². The first-order chi connectivity index (χ1) is 10.5. The first-order valence-electron chi connectivity index (χ1n) is 6.47. The molecule has 0 saturated heterocycles. The first-order valence-corrected chi connectivity index (χ1v) is 6.47. The Hall–Kier alpha value is -2.47. The van der Waals surface area contributed by atoms with Crippen molar-refractivity contribution in [3.8, 4) is 16.9 Å². The lowest BCUT2D eigenvalue weighted by molar-refractivity contribution is 0.0689. The van der Waals surface area contributed by atoms with E-state index >= 15 is 0 Å². The zero-order valence-electron chi connectivity index (χ0n) is 11.8. The Morgan fingerprint density at radius 3 is 2.55 bits per heavy atom. The summed E-state index contributed by atoms with van der Waals surface area (Å²) in [6, 6.07) is 7.38. The first kappa shape index (κ1) is 15.9. The van der Waals surface area contributed by atoms with Crippen LogP contribution in [-0.2, 0) is 4.74 Å². The maximum Gasteiger partial charge on any atom is 0.339 e. The van der Waals surface area contributed by atoms with Crippen molar-refractivity contribution in [2.24, 2.45) is 0 Å². The van der Waals surface area contributed by atoms with Crippen LogP contribution in [0.4, 0.5) is 8.78 Å². The summed E-state index contributed by atoms with van der Waals surface area (Å²) in [7, 11) is 1.50. The largest absolute Gasteiger partial charge is 0.490 e. The Labute approximate surface area is 125 Å². The van der Waals surface area contributed by atoms with E-state index in [1.165, 1.54) is 31.4 Å². The normalized spacial score (nSPS) is 10.5. The Morgan fingerprint density at radius 2 is 1.91 bits per heavy atom. The maximum absolute atomic E-state index is 13.8. The number of aromatic carboxylic acids is 1. The molecule has 0 atom stereocenters. The number of rotatable bonds is 6. The molecule has 0 aromatic heterocycles. The van der Waals surface area contributed by atoms with Gasteiger partial charge in [0.15, 0.2) is 0 Å². The van der Waals surface area contributed by atoms with Crippen LogP contribution in [0.1, 0.15) is 10.4 Å². The third kappa shape index (κ3) is 3.59. The van der Waals surface area contributed by atoms with E-state index in [0.29, 0.717) is 12.2 Å². The fourth-order valence-electron chi connectivity index (χ4n) is 1.95. The van der Waals surface area contributed by atoms with Gasteiger partial charge in [-0.2, -0.15) is 0 Å². The highest BCUT2D eigenvalue weighted by atomic mass is 19.1. The molecule has 0 aliphatic carbocycles. The second-order valence-electron chi connectivity index (χ2n) is 4.48. The summed E-state index contributed by atoms with van der Waals surface area (Å²) in [6.45, 7) is 0.508. The van der Waals surface area contributed by atoms with E-state index in [4.69, 9.17) is 9.47 Å². The quantitative estimate of drug-likeness (QED) is 0.831. The zero-order chi connectivity index (χ0) is 16.1. The van der Waals surface area contributed by atoms with Crippen molar-refractivity contribution in [3.05, 3.63) is 53.6 Å². The van der Waals surface area contributed by atoms with E-state index in [1.54, 1.807) is 0 Å². The minimum absolute atomic E-state index is 0.0997. The smallest absolute Gasteiger partial charge is 0.339 e. The van der Waals surface area contributed by atoms with Crippen LogP contribution in [0.25, 0.3) is 11.1 Å². The van der Waals surface area contributed by atoms with E-state index in [1.807, 2.05) is 0 Å². The fraction of sp³-hybridized carbons (Fsp3) is 0.188. The van der Waals surface area contributed by atoms with Gasteiger partial charge in [0.25, 0.3) is 0 Å². The molecule has 0 heterocycles. The number of hydrogen-bond donors (Lipinski definition) is 1. The maximum atomic E-state index is 13.8. The highest BCUT2D eigenvalue weighted by Gasteiger charge is 2.15. The molecule has 0 spiro atoms. The highest BCUT2D eigenvalue weighted by molar-refractivity contribution is 5.92. The molecule has 0 radical (unpaired) electrons. The van der Waals surface area contributed by atoms with Crippen molar-refractivity contribution in [1.82, 2.24) is 0 Å². The molecule has 4 nitrogen and oxygen atoms in total. The van der Waals surface area contributed by atoms with Gasteiger partial charge in [0.05, 0.1) is 6.61 Å². The number of hydrogen-bond acceptors (Lipinski definition) is 3. The molecule has 2 aromatic carbocycles. The Bertz CT molecular complexity index is 686. The van der Waals surface area contributed by atoms with Gasteiger partial charge in [-0.05, 0) is 29.8 Å². The summed E-state index contributed by atoms with van der Waals surface area (Å²) in [5.41, 5.74) is 0.346. The van der Waals surface area contributed by atoms with Crippen molar-refractivity contribution in [2.45, 2.75) is 0 Å². The van der Waals surface area contributed by atoms with Gasteiger partial charge >= 0.3 is 5.97 Å². The van der Waals surface area contributed by atoms with Gasteiger partial charge in [0.1, 0.15) is 29.6 Å². The number of methoxy groups -OCH3 is 1. The molecule has 0 bridgehead atoms. The summed E-state index contributed by atoms with van der Waals surface area (Å²) in [4.78, 5) is 11.3. The molecule has 6 heteroatoms. The predicted molar refractivity (Wildman–Crippen MR) is 76.1 cm³/mol. The van der Waals surface area contributed by atoms with E-state index in [0.717, 1.165) is 12.1 Å². The Balaban J connectivity index is 2.38. The lowest BCUT2D eigenvalue weighted by Crippen LogP contribution is -2.08. The van der Waals surface area contributed by atoms with Crippen molar-refractivity contribution in [2.75, 3.05) is 20.3 Å². The molecule has 0 amide bonds. The number of carboxylic acid groups (broad SMARTS) is 1. The summed E-state index contributed by atoms with van der Waals surface area (Å²) in [5.74, 6) is -2.49. The molecule has 1 N–H and O–H groups in total. The number of halogens is 2. The lowest BCUT2D eigenvalue weighted by Gasteiger charge is -2.11. The van der Waals surface area contributed by atoms with Crippen LogP contribution in [-0.4, -0.2) is 31.4 Å². The molecule has 0 fully saturated rings. The molecule has 2 rings (SSSR count). The average molecular weight is 308 g/mol. The number of ether oxygens (including phenoxy) is 2. The number of carboxylic acids is 1. The van der Waals surface area contributed by atoms with Gasteiger partial charge in [-0.3, -0.25) is 0 Å². The Morgan fingerprint density at radius 1 is 1.14 bits per heavy atom. The van der Waals surface area contributed by atoms with Crippen molar-refractivity contribution in [3.63, 3.8) is 0 Å². The van der Waals surface area contributed by atoms with Gasteiger partial charge in [-0.1, -0.05) is 6.07 Å². The third-order valence-electron chi connectivity index (χ3n) is 3.00. The van der Waals surface area contributed by atoms with Gasteiger partial charge in [-0.25, -0.2) is 13.6 Å². The summed E-state index contributed by atoms with van der Waals surface area (Å²) < 4.78 is 36.9. The second-order valence-corrected chi connectivity index (χ2v) is 4.48. The van der Waals surface area contributed by atoms with Crippen LogP contribution in [0, 0.1) is 11.6 Å². The number of carbonyl (C=O) groups is 1. The number of benzene rings is 2. The molecule has 0 unspecified atom stereocenters. The van der Waals surface area contributed by atoms with Crippen LogP contribution in [0.2, 0.25) is 0 Å². The third-order valence-corrected chi connectivity index (χ3v) is 3.00. The fourth-order valence-corrected chi connectivity index (χ4v) is 1.95. The monoisotopic (exact) mass is 308 g/mol. The minimum atomic E-state index is -1.20. The van der Waals surface area contributed by atoms with Gasteiger partial charge in [0.2, 0.25) is 0 Å². The SMILES string of the molecule is COCCOc1ccc(-c2ccc(F)cc2F)cc1C(=O)O. The molecule has 0 saturated carbocycles. The van der Waals surface area contributed by atoms with Gasteiger partial charge in [0, 0.05) is 18.7 Å². The van der Waals surface area contributed by atoms with Crippen LogP contribution in [0.15, 0.2) is 36.4 Å². The summed E-state index contributed by atoms with van der Waals surface area (Å²) >= 11 is 0. The topological polar surface area (TPSA) is 55.8 Å². The Kier molecular flexibility index (Phi) is 5.06. The lowest BCUT2D eigenvalue weighted by atomic mass is 10.0. The van der Waals surface area contributed by atoms with E-state index in [2.05, 4.69) is 0 Å². The summed E-state index contributed by atoms with van der Waals surface area (Å²) in [6.07, 6.45) is 0. The van der Waals surface area contributed by atoms with Crippen LogP contribution in [0.5, 0.6) is 5.75 Å². The summed E-state index contributed by atoms with van der Waals surface area (Å²) in [5, 5.41) is 9.24. The van der Waals surface area contributed by atoms with E-state index in [9.17, 15) is 18.7 Å². The molecule has 0 aliphatic heterocycles. The molecule has 2 aromatic rings. The second kappa shape index (κ2) is 7.00. The van der Waals surface area contributed by atoms with Crippen LogP contribution < -0.4 is 4.74 Å². The van der Waals surface area contributed by atoms with E-state index < -0.39 is 17.6 Å². The standard InChI is InChI=1S/C16H14F2O4/c1-21-6-7-22-15-5-2-10(8-13(15)16(19)20)12-4-3-11(17)9-14(12)18/h2-5,8-9H,6-7H2,1H3,(H,19,20). The van der Waals surface area contributed by atoms with Crippen molar-refractivity contribution >= 4 is 5.97 Å². The highest BCUT2D eigenvalue weighted by Crippen LogP contribution is 2.29. The zero-order valence-corrected chi connectivity index (χ0v) is 11.8. The minimum Gasteiger partial charge on any atom is -0.490 e. The average Bonchev–Trinajstić information content (AvgIpc) is 2.48. The van der Waals surface area contributed by atoms with Crippen LogP contribution >= 0.6 is 0 Å². The van der Waals surface area contributed by atoms with E-state index in [-0.39, 0.29) is 23.5 Å².